The molecule has 0 radical (unpaired) electrons. The van der Waals surface area contributed by atoms with Gasteiger partial charge < -0.3 is 9.57 Å². The van der Waals surface area contributed by atoms with Crippen LogP contribution in [0, 0.1) is 0 Å². The summed E-state index contributed by atoms with van der Waals surface area (Å²) in [5.41, 5.74) is -0.160. The van der Waals surface area contributed by atoms with Crippen molar-refractivity contribution in [2.24, 2.45) is 5.16 Å². The summed E-state index contributed by atoms with van der Waals surface area (Å²) in [4.78, 5) is 15.7. The molecular weight excluding hydrogens is 436 g/mol. The fourth-order valence-electron chi connectivity index (χ4n) is 1.83. The van der Waals surface area contributed by atoms with Crippen LogP contribution >= 0.6 is 0 Å². The quantitative estimate of drug-likeness (QED) is 0.254. The molecule has 30 heavy (non-hydrogen) atoms. The molecule has 166 valence electrons. The van der Waals surface area contributed by atoms with Gasteiger partial charge in [-0.3, -0.25) is 0 Å². The minimum Gasteiger partial charge on any atom is -0.471 e. The Morgan fingerprint density at radius 3 is 2.40 bits per heavy atom. The third-order valence-corrected chi connectivity index (χ3v) is 3.34. The molecule has 0 unspecified atom stereocenters. The summed E-state index contributed by atoms with van der Waals surface area (Å²) < 4.78 is 109. The van der Waals surface area contributed by atoms with Gasteiger partial charge in [0.25, 0.3) is 0 Å². The fourth-order valence-corrected chi connectivity index (χ4v) is 1.83. The van der Waals surface area contributed by atoms with E-state index in [9.17, 15) is 35.1 Å². The highest BCUT2D eigenvalue weighted by atomic mass is 19.4. The first-order valence-corrected chi connectivity index (χ1v) is 7.85. The Balaban J connectivity index is 2.25. The predicted octanol–water partition coefficient (Wildman–Crippen LogP) is 2.86. The molecule has 0 fully saturated rings. The van der Waals surface area contributed by atoms with Gasteiger partial charge in [-0.25, -0.2) is 23.7 Å². The molecular formula is C14H12F8N6O2. The maximum Gasteiger partial charge on any atom is 0.381 e. The molecule has 0 saturated carbocycles. The Kier molecular flexibility index (Phi) is 6.77. The zero-order chi connectivity index (χ0) is 22.6. The van der Waals surface area contributed by atoms with Crippen LogP contribution in [-0.4, -0.2) is 68.0 Å². The molecule has 0 N–H and O–H groups in total. The van der Waals surface area contributed by atoms with Gasteiger partial charge in [-0.05, 0) is 6.92 Å². The summed E-state index contributed by atoms with van der Waals surface area (Å²) in [6.07, 6.45) is -1.98. The van der Waals surface area contributed by atoms with Crippen LogP contribution in [-0.2, 0) is 4.84 Å². The zero-order valence-corrected chi connectivity index (χ0v) is 14.8. The van der Waals surface area contributed by atoms with Gasteiger partial charge in [0.1, 0.15) is 31.3 Å². The lowest BCUT2D eigenvalue weighted by molar-refractivity contribution is -0.342. The van der Waals surface area contributed by atoms with Crippen LogP contribution < -0.4 is 4.74 Å². The summed E-state index contributed by atoms with van der Waals surface area (Å²) in [5.74, 6) is -19.2. The average Bonchev–Trinajstić information content (AvgIpc) is 3.21. The number of aromatic nitrogens is 5. The van der Waals surface area contributed by atoms with Crippen LogP contribution in [0.5, 0.6) is 5.88 Å². The Bertz CT molecular complexity index is 862. The van der Waals surface area contributed by atoms with Gasteiger partial charge in [0.2, 0.25) is 11.7 Å². The van der Waals surface area contributed by atoms with Crippen LogP contribution in [0.25, 0.3) is 0 Å². The lowest BCUT2D eigenvalue weighted by atomic mass is 10.1. The smallest absolute Gasteiger partial charge is 0.381 e. The third kappa shape index (κ3) is 4.56. The fraction of sp³-hybridized carbons (Fsp3) is 0.500. The molecule has 0 aliphatic carbocycles. The minimum absolute atomic E-state index is 0.117. The van der Waals surface area contributed by atoms with E-state index in [4.69, 9.17) is 4.84 Å². The first kappa shape index (κ1) is 23.2. The normalized spacial score (nSPS) is 13.6. The first-order valence-electron chi connectivity index (χ1n) is 7.85. The van der Waals surface area contributed by atoms with Crippen molar-refractivity contribution in [3.8, 4) is 5.88 Å². The molecule has 16 heteroatoms. The Labute approximate surface area is 162 Å². The number of hydrogen-bond donors (Lipinski definition) is 0. The third-order valence-electron chi connectivity index (χ3n) is 3.34. The van der Waals surface area contributed by atoms with Gasteiger partial charge in [0, 0.05) is 6.07 Å². The SMILES string of the molecule is CCON=C(c1cc(OCC(F)(F)C(F)(F)C(F)(F)C(F)F)ncn1)n1cncn1. The minimum atomic E-state index is -6.40. The van der Waals surface area contributed by atoms with E-state index in [-0.39, 0.29) is 18.1 Å². The van der Waals surface area contributed by atoms with Crippen molar-refractivity contribution < 1.29 is 44.7 Å². The maximum absolute atomic E-state index is 13.6. The molecule has 2 heterocycles. The summed E-state index contributed by atoms with van der Waals surface area (Å²) in [6.45, 7) is -0.666. The number of hydrogen-bond acceptors (Lipinski definition) is 7. The van der Waals surface area contributed by atoms with Crippen LogP contribution in [0.4, 0.5) is 35.1 Å². The van der Waals surface area contributed by atoms with Gasteiger partial charge in [-0.15, -0.1) is 0 Å². The second kappa shape index (κ2) is 8.74. The number of alkyl halides is 8. The summed E-state index contributed by atoms with van der Waals surface area (Å²) in [5, 5.41) is 7.43. The van der Waals surface area contributed by atoms with Crippen molar-refractivity contribution in [2.45, 2.75) is 31.1 Å². The van der Waals surface area contributed by atoms with Crippen LogP contribution in [0.3, 0.4) is 0 Å². The Hall–Kier alpha value is -3.07. The highest BCUT2D eigenvalue weighted by molar-refractivity contribution is 5.97. The van der Waals surface area contributed by atoms with Gasteiger partial charge in [-0.2, -0.15) is 36.1 Å². The monoisotopic (exact) mass is 448 g/mol. The topological polar surface area (TPSA) is 87.3 Å². The second-order valence-corrected chi connectivity index (χ2v) is 5.41. The first-order chi connectivity index (χ1) is 13.9. The van der Waals surface area contributed by atoms with Crippen molar-refractivity contribution in [3.05, 3.63) is 30.7 Å². The number of rotatable bonds is 9. The number of oxime groups is 1. The molecule has 0 saturated heterocycles. The van der Waals surface area contributed by atoms with Crippen molar-refractivity contribution in [1.29, 1.82) is 0 Å². The van der Waals surface area contributed by atoms with Gasteiger partial charge in [-0.1, -0.05) is 5.16 Å². The van der Waals surface area contributed by atoms with Crippen LogP contribution in [0.2, 0.25) is 0 Å². The molecule has 0 spiro atoms. The Morgan fingerprint density at radius 1 is 1.13 bits per heavy atom. The van der Waals surface area contributed by atoms with E-state index < -0.39 is 36.7 Å². The van der Waals surface area contributed by atoms with E-state index in [2.05, 4.69) is 29.9 Å². The predicted molar refractivity (Wildman–Crippen MR) is 82.0 cm³/mol. The number of halogens is 8. The summed E-state index contributed by atoms with van der Waals surface area (Å²) in [7, 11) is 0. The van der Waals surface area contributed by atoms with Gasteiger partial charge >= 0.3 is 24.2 Å². The van der Waals surface area contributed by atoms with E-state index >= 15 is 0 Å². The molecule has 2 aromatic rings. The van der Waals surface area contributed by atoms with E-state index in [0.717, 1.165) is 23.4 Å². The summed E-state index contributed by atoms with van der Waals surface area (Å²) in [6, 6.07) is 0.832. The van der Waals surface area contributed by atoms with Crippen molar-refractivity contribution in [1.82, 2.24) is 24.7 Å². The van der Waals surface area contributed by atoms with Crippen molar-refractivity contribution in [2.75, 3.05) is 13.2 Å². The second-order valence-electron chi connectivity index (χ2n) is 5.41. The molecule has 0 bridgehead atoms. The Morgan fingerprint density at radius 2 is 1.83 bits per heavy atom. The molecule has 0 amide bonds. The zero-order valence-electron chi connectivity index (χ0n) is 14.8. The lowest BCUT2D eigenvalue weighted by Crippen LogP contribution is -2.59. The molecule has 2 aromatic heterocycles. The van der Waals surface area contributed by atoms with E-state index in [1.165, 1.54) is 6.33 Å². The molecule has 8 nitrogen and oxygen atoms in total. The molecule has 0 aromatic carbocycles. The maximum atomic E-state index is 13.6. The summed E-state index contributed by atoms with van der Waals surface area (Å²) >= 11 is 0. The van der Waals surface area contributed by atoms with Gasteiger partial charge in [0.05, 0.1) is 0 Å². The molecule has 2 rings (SSSR count). The highest BCUT2D eigenvalue weighted by Crippen LogP contribution is 2.48. The standard InChI is InChI=1S/C14H12F8N6O2/c1-2-30-27-10(28-7-23-5-26-28)8-3-9(25-6-24-8)29-4-12(17,18)14(21,22)13(19,20)11(15)16/h3,5-7,11H,2,4H2,1H3. The largest absolute Gasteiger partial charge is 0.471 e. The van der Waals surface area contributed by atoms with Gasteiger partial charge in [0.15, 0.2) is 6.61 Å². The molecule has 0 aliphatic heterocycles. The van der Waals surface area contributed by atoms with Crippen molar-refractivity contribution in [3.63, 3.8) is 0 Å². The van der Waals surface area contributed by atoms with E-state index in [0.29, 0.717) is 0 Å². The lowest BCUT2D eigenvalue weighted by Gasteiger charge is -2.31. The van der Waals surface area contributed by atoms with Crippen molar-refractivity contribution >= 4 is 5.84 Å². The number of nitrogens with zero attached hydrogens (tertiary/aromatic N) is 6. The highest BCUT2D eigenvalue weighted by Gasteiger charge is 2.75. The molecule has 0 aliphatic rings. The van der Waals surface area contributed by atoms with Crippen LogP contribution in [0.15, 0.2) is 30.2 Å². The van der Waals surface area contributed by atoms with E-state index in [1.807, 2.05) is 0 Å². The van der Waals surface area contributed by atoms with E-state index in [1.54, 1.807) is 6.92 Å². The van der Waals surface area contributed by atoms with Crippen LogP contribution in [0.1, 0.15) is 12.6 Å². The number of ether oxygens (including phenoxy) is 1. The average molecular weight is 448 g/mol. The molecule has 0 atom stereocenters.